The smallest absolute Gasteiger partial charge is 0.508 e. The molecule has 0 fully saturated rings. The number of rotatable bonds is 15. The molecule has 0 unspecified atom stereocenters. The molecule has 4 atom stereocenters. The van der Waals surface area contributed by atoms with E-state index in [0.29, 0.717) is 12.0 Å². The molecule has 1 aromatic heterocycles. The minimum Gasteiger partial charge on any atom is -0.508 e. The van der Waals surface area contributed by atoms with E-state index in [1.807, 2.05) is 71.1 Å². The number of aliphatic hydroxyl groups excluding tert-OH is 1. The van der Waals surface area contributed by atoms with Crippen LogP contribution in [0, 0.1) is 11.8 Å². The molecule has 1 amide bonds. The van der Waals surface area contributed by atoms with Crippen molar-refractivity contribution in [1.29, 1.82) is 0 Å². The number of benzene rings is 3. The molecule has 0 spiro atoms. The minimum absolute atomic E-state index is 0.00549. The first-order valence-electron chi connectivity index (χ1n) is 21.3. The average molecular weight is 890 g/mol. The Balaban J connectivity index is 1.41. The predicted molar refractivity (Wildman–Crippen MR) is 230 cm³/mol. The number of carbonyl (C=O) groups excluding carboxylic acids is 3. The molecule has 0 aliphatic heterocycles. The Kier molecular flexibility index (Phi) is 12.7. The molecular formula is C47H54F3N3O9Si. The fourth-order valence-corrected chi connectivity index (χ4v) is 10.0. The van der Waals surface area contributed by atoms with E-state index in [4.69, 9.17) is 24.2 Å². The van der Waals surface area contributed by atoms with Gasteiger partial charge in [0.15, 0.2) is 31.2 Å². The fraction of sp³-hybridized carbons (Fsp3) is 0.447. The van der Waals surface area contributed by atoms with Gasteiger partial charge in [-0.15, -0.1) is 13.2 Å². The molecule has 0 radical (unpaired) electrons. The lowest BCUT2D eigenvalue weighted by Crippen LogP contribution is -2.64. The maximum absolute atomic E-state index is 15.4. The number of anilines is 1. The van der Waals surface area contributed by atoms with Gasteiger partial charge in [-0.05, 0) is 59.6 Å². The standard InChI is InChI=1S/C47H54F3N3O9Si/c1-7-8-9-16-21-34(54)52-32-24-33(60-47(48,49)50)30-22-29-23-31-38(51)41-37(44(53-61-41)59-26-28-19-14-11-15-20-28)43(57)46(31,62-63(5,6)45(2,3)4)42(56)35(29)39(55)36(30)40(32)58-25-27-17-12-10-13-18-27/h10-15,17-20,24,29,31,38,56H,7-9,16,21-23,25-26,51H2,1-6H3,(H,52,54)/t29-,31-,38-,46-/m0/s1. The van der Waals surface area contributed by atoms with Gasteiger partial charge in [0.25, 0.3) is 5.88 Å². The Labute approximate surface area is 365 Å². The Morgan fingerprint density at radius 1 is 0.968 bits per heavy atom. The van der Waals surface area contributed by atoms with Crippen molar-refractivity contribution in [3.8, 4) is 17.4 Å². The second-order valence-corrected chi connectivity index (χ2v) is 22.8. The van der Waals surface area contributed by atoms with Gasteiger partial charge in [0, 0.05) is 29.5 Å². The second kappa shape index (κ2) is 17.6. The number of ether oxygens (including phenoxy) is 3. The van der Waals surface area contributed by atoms with E-state index in [2.05, 4.69) is 15.2 Å². The first-order valence-corrected chi connectivity index (χ1v) is 24.3. The van der Waals surface area contributed by atoms with E-state index in [0.717, 1.165) is 30.9 Å². The van der Waals surface area contributed by atoms with E-state index in [-0.39, 0.29) is 77.8 Å². The van der Waals surface area contributed by atoms with Gasteiger partial charge in [-0.1, -0.05) is 108 Å². The number of carbonyl (C=O) groups is 3. The minimum atomic E-state index is -5.19. The molecule has 16 heteroatoms. The molecule has 7 rings (SSSR count). The van der Waals surface area contributed by atoms with Crippen LogP contribution >= 0.6 is 0 Å². The number of allylic oxidation sites excluding steroid dienone is 1. The van der Waals surface area contributed by atoms with Gasteiger partial charge >= 0.3 is 6.36 Å². The number of Topliss-reactive ketones (excluding diaryl/α,β-unsaturated/α-hetero) is 2. The third-order valence-electron chi connectivity index (χ3n) is 12.8. The first kappa shape index (κ1) is 45.6. The van der Waals surface area contributed by atoms with E-state index < -0.39 is 72.2 Å². The molecule has 4 N–H and O–H groups in total. The first-order chi connectivity index (χ1) is 29.8. The summed E-state index contributed by atoms with van der Waals surface area (Å²) in [6, 6.07) is 17.9. The van der Waals surface area contributed by atoms with E-state index in [9.17, 15) is 23.1 Å². The molecule has 1 heterocycles. The molecule has 4 aromatic rings. The SMILES string of the molecule is CCCCCCC(=O)Nc1cc(OC(F)(F)F)c2c(c1OCc1ccccc1)C(=O)C1=C(O)[C@]3(O[Si](C)(C)C(C)(C)C)C(=O)c4c(OCc5ccccc5)noc4[C@@H](N)[C@@H]3C[C@@H]1C2. The van der Waals surface area contributed by atoms with Crippen LogP contribution in [-0.4, -0.2) is 48.0 Å². The number of nitrogens with one attached hydrogen (secondary N) is 1. The zero-order valence-corrected chi connectivity index (χ0v) is 37.3. The van der Waals surface area contributed by atoms with Gasteiger partial charge in [-0.2, -0.15) is 0 Å². The highest BCUT2D eigenvalue weighted by Crippen LogP contribution is 2.59. The average Bonchev–Trinajstić information content (AvgIpc) is 3.65. The van der Waals surface area contributed by atoms with Crippen molar-refractivity contribution in [2.45, 2.75) is 122 Å². The lowest BCUT2D eigenvalue weighted by Gasteiger charge is -2.53. The largest absolute Gasteiger partial charge is 0.573 e. The molecule has 3 aromatic carbocycles. The highest BCUT2D eigenvalue weighted by molar-refractivity contribution is 6.74. The zero-order chi connectivity index (χ0) is 45.5. The number of nitrogens with two attached hydrogens (primary N) is 1. The van der Waals surface area contributed by atoms with Crippen LogP contribution in [0.3, 0.4) is 0 Å². The second-order valence-electron chi connectivity index (χ2n) is 18.1. The monoisotopic (exact) mass is 889 g/mol. The van der Waals surface area contributed by atoms with Crippen LogP contribution in [0.2, 0.25) is 18.1 Å². The number of nitrogens with zero attached hydrogens (tertiary/aromatic N) is 1. The van der Waals surface area contributed by atoms with Crippen LogP contribution in [0.1, 0.15) is 115 Å². The number of ketones is 2. The highest BCUT2D eigenvalue weighted by Gasteiger charge is 2.66. The van der Waals surface area contributed by atoms with Crippen LogP contribution in [0.15, 0.2) is 82.6 Å². The quantitative estimate of drug-likeness (QED) is 0.0766. The predicted octanol–water partition coefficient (Wildman–Crippen LogP) is 10.5. The number of amides is 1. The molecule has 3 aliphatic carbocycles. The van der Waals surface area contributed by atoms with Crippen molar-refractivity contribution in [3.05, 3.63) is 112 Å². The Morgan fingerprint density at radius 2 is 1.60 bits per heavy atom. The van der Waals surface area contributed by atoms with Gasteiger partial charge < -0.3 is 39.3 Å². The lowest BCUT2D eigenvalue weighted by molar-refractivity contribution is -0.274. The third kappa shape index (κ3) is 8.89. The number of aliphatic hydroxyl groups is 1. The van der Waals surface area contributed by atoms with Crippen LogP contribution in [0.4, 0.5) is 18.9 Å². The number of halogens is 3. The van der Waals surface area contributed by atoms with Gasteiger partial charge in [-0.25, -0.2) is 0 Å². The highest BCUT2D eigenvalue weighted by atomic mass is 28.4. The Morgan fingerprint density at radius 3 is 2.21 bits per heavy atom. The topological polar surface area (TPSA) is 172 Å². The van der Waals surface area contributed by atoms with Crippen molar-refractivity contribution in [1.82, 2.24) is 5.16 Å². The Bertz CT molecular complexity index is 2400. The number of alkyl halides is 3. The normalized spacial score (nSPS) is 21.0. The van der Waals surface area contributed by atoms with E-state index in [1.165, 1.54) is 0 Å². The summed E-state index contributed by atoms with van der Waals surface area (Å²) in [5.41, 5.74) is 5.09. The van der Waals surface area contributed by atoms with Crippen molar-refractivity contribution in [2.75, 3.05) is 5.32 Å². The molecule has 0 saturated heterocycles. The fourth-order valence-electron chi connectivity index (χ4n) is 8.57. The molecule has 336 valence electrons. The van der Waals surface area contributed by atoms with Gasteiger partial charge in [0.1, 0.15) is 30.3 Å². The van der Waals surface area contributed by atoms with E-state index in [1.54, 1.807) is 30.3 Å². The number of hydrogen-bond acceptors (Lipinski definition) is 11. The van der Waals surface area contributed by atoms with Crippen molar-refractivity contribution >= 4 is 31.5 Å². The summed E-state index contributed by atoms with van der Waals surface area (Å²) in [7, 11) is -3.09. The van der Waals surface area contributed by atoms with Crippen molar-refractivity contribution < 1.29 is 55.8 Å². The zero-order valence-electron chi connectivity index (χ0n) is 36.3. The lowest BCUT2D eigenvalue weighted by atomic mass is 9.59. The summed E-state index contributed by atoms with van der Waals surface area (Å²) in [6.45, 7) is 11.5. The summed E-state index contributed by atoms with van der Waals surface area (Å²) in [5.74, 6) is -6.04. The van der Waals surface area contributed by atoms with Gasteiger partial charge in [-0.3, -0.25) is 14.4 Å². The van der Waals surface area contributed by atoms with Crippen molar-refractivity contribution in [2.24, 2.45) is 17.6 Å². The molecule has 0 saturated carbocycles. The number of hydrogen-bond donors (Lipinski definition) is 3. The van der Waals surface area contributed by atoms with Crippen LogP contribution in [0.25, 0.3) is 0 Å². The van der Waals surface area contributed by atoms with Gasteiger partial charge in [0.05, 0.1) is 17.3 Å². The molecule has 12 nitrogen and oxygen atoms in total. The molecular weight excluding hydrogens is 836 g/mol. The summed E-state index contributed by atoms with van der Waals surface area (Å²) < 4.78 is 72.5. The van der Waals surface area contributed by atoms with Crippen LogP contribution in [-0.2, 0) is 28.9 Å². The van der Waals surface area contributed by atoms with Gasteiger partial charge in [0.2, 0.25) is 11.7 Å². The number of fused-ring (bicyclic) bond motifs is 4. The summed E-state index contributed by atoms with van der Waals surface area (Å²) in [5, 5.41) is 19.2. The van der Waals surface area contributed by atoms with Crippen LogP contribution in [0.5, 0.6) is 17.4 Å². The van der Waals surface area contributed by atoms with E-state index >= 15 is 9.59 Å². The molecule has 0 bridgehead atoms. The van der Waals surface area contributed by atoms with Crippen molar-refractivity contribution in [3.63, 3.8) is 0 Å². The van der Waals surface area contributed by atoms with Crippen LogP contribution < -0.4 is 25.3 Å². The summed E-state index contributed by atoms with van der Waals surface area (Å²) in [4.78, 5) is 44.2. The molecule has 3 aliphatic rings. The Hall–Kier alpha value is -5.45. The summed E-state index contributed by atoms with van der Waals surface area (Å²) in [6.07, 6.45) is -2.37. The third-order valence-corrected chi connectivity index (χ3v) is 17.2. The number of aromatic nitrogens is 1. The molecule has 63 heavy (non-hydrogen) atoms. The maximum atomic E-state index is 15.4. The maximum Gasteiger partial charge on any atom is 0.573 e. The summed E-state index contributed by atoms with van der Waals surface area (Å²) >= 11 is 0. The number of unbranched alkanes of at least 4 members (excludes halogenated alkanes) is 3.